The molecule has 0 aliphatic heterocycles. The third-order valence-electron chi connectivity index (χ3n) is 5.38. The minimum absolute atomic E-state index is 0.0649. The van der Waals surface area contributed by atoms with Gasteiger partial charge in [0.2, 0.25) is 0 Å². The summed E-state index contributed by atoms with van der Waals surface area (Å²) in [5.41, 5.74) is 1.96. The van der Waals surface area contributed by atoms with Crippen LogP contribution in [0, 0.1) is 17.2 Å². The standard InChI is InChI=1S/C23H20ClN3O3S2/c1-14-9-10-17-18(13-25)23(31-21(17)11-14)26-22(28)15-5-4-6-16(12-15)32(29,30)27-20-8-3-2-7-19(20)24/h2-8,12,14,27H,9-11H2,1H3,(H,26,28). The van der Waals surface area contributed by atoms with Gasteiger partial charge in [0, 0.05) is 10.4 Å². The van der Waals surface area contributed by atoms with Crippen LogP contribution in [0.4, 0.5) is 10.7 Å². The first-order valence-corrected chi connectivity index (χ1v) is 12.7. The Morgan fingerprint density at radius 1 is 1.22 bits per heavy atom. The molecule has 1 unspecified atom stereocenters. The van der Waals surface area contributed by atoms with E-state index >= 15 is 0 Å². The number of carbonyl (C=O) groups is 1. The molecule has 0 saturated heterocycles. The summed E-state index contributed by atoms with van der Waals surface area (Å²) in [4.78, 5) is 14.0. The molecule has 1 amide bonds. The van der Waals surface area contributed by atoms with E-state index < -0.39 is 15.9 Å². The van der Waals surface area contributed by atoms with Crippen LogP contribution in [0.25, 0.3) is 0 Å². The zero-order chi connectivity index (χ0) is 22.9. The molecule has 9 heteroatoms. The van der Waals surface area contributed by atoms with Gasteiger partial charge < -0.3 is 5.32 Å². The van der Waals surface area contributed by atoms with Gasteiger partial charge in [0.05, 0.1) is 21.2 Å². The molecular weight excluding hydrogens is 466 g/mol. The van der Waals surface area contributed by atoms with Gasteiger partial charge in [-0.25, -0.2) is 8.42 Å². The molecule has 0 saturated carbocycles. The fourth-order valence-corrected chi connectivity index (χ4v) is 6.40. The number of sulfonamides is 1. The van der Waals surface area contributed by atoms with Crippen molar-refractivity contribution in [3.63, 3.8) is 0 Å². The van der Waals surface area contributed by atoms with Gasteiger partial charge in [-0.2, -0.15) is 5.26 Å². The van der Waals surface area contributed by atoms with E-state index in [4.69, 9.17) is 11.6 Å². The third kappa shape index (κ3) is 4.51. The molecule has 32 heavy (non-hydrogen) atoms. The maximum absolute atomic E-state index is 12.9. The first-order chi connectivity index (χ1) is 15.3. The van der Waals surface area contributed by atoms with Crippen molar-refractivity contribution in [1.82, 2.24) is 0 Å². The van der Waals surface area contributed by atoms with Gasteiger partial charge in [0.25, 0.3) is 15.9 Å². The molecule has 2 N–H and O–H groups in total. The summed E-state index contributed by atoms with van der Waals surface area (Å²) in [7, 11) is -3.95. The van der Waals surface area contributed by atoms with Crippen molar-refractivity contribution in [1.29, 1.82) is 5.26 Å². The van der Waals surface area contributed by atoms with Crippen molar-refractivity contribution in [2.75, 3.05) is 10.0 Å². The quantitative estimate of drug-likeness (QED) is 0.501. The van der Waals surface area contributed by atoms with Gasteiger partial charge in [0.15, 0.2) is 0 Å². The van der Waals surface area contributed by atoms with Gasteiger partial charge in [0.1, 0.15) is 11.1 Å². The minimum atomic E-state index is -3.95. The molecule has 4 rings (SSSR count). The lowest BCUT2D eigenvalue weighted by atomic mass is 9.88. The molecule has 1 aliphatic rings. The number of thiophene rings is 1. The zero-order valence-electron chi connectivity index (χ0n) is 17.2. The molecule has 6 nitrogen and oxygen atoms in total. The van der Waals surface area contributed by atoms with E-state index in [2.05, 4.69) is 23.0 Å². The Kier molecular flexibility index (Phi) is 6.24. The molecule has 1 aliphatic carbocycles. The Bertz CT molecular complexity index is 1340. The van der Waals surface area contributed by atoms with E-state index in [0.29, 0.717) is 16.5 Å². The number of hydrogen-bond acceptors (Lipinski definition) is 5. The molecule has 1 aromatic heterocycles. The largest absolute Gasteiger partial charge is 0.312 e. The normalized spacial score (nSPS) is 15.5. The fraction of sp³-hybridized carbons (Fsp3) is 0.217. The van der Waals surface area contributed by atoms with Crippen molar-refractivity contribution in [3.8, 4) is 6.07 Å². The van der Waals surface area contributed by atoms with Crippen LogP contribution in [-0.4, -0.2) is 14.3 Å². The van der Waals surface area contributed by atoms with Crippen LogP contribution >= 0.6 is 22.9 Å². The molecule has 164 valence electrons. The Morgan fingerprint density at radius 3 is 2.75 bits per heavy atom. The maximum Gasteiger partial charge on any atom is 0.261 e. The number of nitrogens with zero attached hydrogens (tertiary/aromatic N) is 1. The number of benzene rings is 2. The Labute approximate surface area is 195 Å². The molecule has 2 aromatic carbocycles. The Hall–Kier alpha value is -2.86. The number of rotatable bonds is 5. The second kappa shape index (κ2) is 8.94. The number of para-hydroxylation sites is 1. The van der Waals surface area contributed by atoms with Crippen LogP contribution in [0.3, 0.4) is 0 Å². The van der Waals surface area contributed by atoms with Crippen LogP contribution in [0.5, 0.6) is 0 Å². The highest BCUT2D eigenvalue weighted by Gasteiger charge is 2.25. The molecule has 0 bridgehead atoms. The number of halogens is 1. The summed E-state index contributed by atoms with van der Waals surface area (Å²) in [6, 6.07) is 14.5. The zero-order valence-corrected chi connectivity index (χ0v) is 19.6. The highest BCUT2D eigenvalue weighted by atomic mass is 35.5. The number of amides is 1. The van der Waals surface area contributed by atoms with E-state index in [1.54, 1.807) is 24.3 Å². The van der Waals surface area contributed by atoms with Crippen molar-refractivity contribution in [2.45, 2.75) is 31.1 Å². The number of nitriles is 1. The minimum Gasteiger partial charge on any atom is -0.312 e. The van der Waals surface area contributed by atoms with Crippen molar-refractivity contribution in [3.05, 3.63) is 75.1 Å². The van der Waals surface area contributed by atoms with Crippen LogP contribution < -0.4 is 10.0 Å². The molecule has 1 heterocycles. The van der Waals surface area contributed by atoms with Gasteiger partial charge in [-0.05, 0) is 61.1 Å². The van der Waals surface area contributed by atoms with Gasteiger partial charge >= 0.3 is 0 Å². The van der Waals surface area contributed by atoms with Crippen molar-refractivity contribution < 1.29 is 13.2 Å². The summed E-state index contributed by atoms with van der Waals surface area (Å²) >= 11 is 7.48. The lowest BCUT2D eigenvalue weighted by Gasteiger charge is -2.17. The molecule has 3 aromatic rings. The summed E-state index contributed by atoms with van der Waals surface area (Å²) in [5, 5.41) is 13.2. The van der Waals surface area contributed by atoms with E-state index in [-0.39, 0.29) is 21.2 Å². The number of fused-ring (bicyclic) bond motifs is 1. The van der Waals surface area contributed by atoms with Gasteiger partial charge in [-0.3, -0.25) is 9.52 Å². The molecule has 0 radical (unpaired) electrons. The lowest BCUT2D eigenvalue weighted by molar-refractivity contribution is 0.102. The summed E-state index contributed by atoms with van der Waals surface area (Å²) in [6.45, 7) is 2.18. The van der Waals surface area contributed by atoms with E-state index in [1.165, 1.54) is 35.6 Å². The first-order valence-electron chi connectivity index (χ1n) is 10.0. The third-order valence-corrected chi connectivity index (χ3v) is 8.24. The highest BCUT2D eigenvalue weighted by Crippen LogP contribution is 2.39. The monoisotopic (exact) mass is 485 g/mol. The fourth-order valence-electron chi connectivity index (χ4n) is 3.68. The average molecular weight is 486 g/mol. The van der Waals surface area contributed by atoms with Crippen molar-refractivity contribution in [2.24, 2.45) is 5.92 Å². The van der Waals surface area contributed by atoms with E-state index in [0.717, 1.165) is 29.7 Å². The van der Waals surface area contributed by atoms with E-state index in [9.17, 15) is 18.5 Å². The van der Waals surface area contributed by atoms with Crippen LogP contribution in [0.1, 0.15) is 39.7 Å². The summed E-state index contributed by atoms with van der Waals surface area (Å²) < 4.78 is 28.1. The highest BCUT2D eigenvalue weighted by molar-refractivity contribution is 7.92. The van der Waals surface area contributed by atoms with Crippen molar-refractivity contribution >= 4 is 49.6 Å². The Morgan fingerprint density at radius 2 is 2.00 bits per heavy atom. The van der Waals surface area contributed by atoms with Gasteiger partial charge in [-0.15, -0.1) is 11.3 Å². The van der Waals surface area contributed by atoms with E-state index in [1.807, 2.05) is 0 Å². The predicted molar refractivity (Wildman–Crippen MR) is 127 cm³/mol. The second-order valence-corrected chi connectivity index (χ2v) is 10.9. The smallest absolute Gasteiger partial charge is 0.261 e. The number of carbonyl (C=O) groups excluding carboxylic acids is 1. The Balaban J connectivity index is 1.58. The number of hydrogen-bond donors (Lipinski definition) is 2. The number of anilines is 2. The average Bonchev–Trinajstić information content (AvgIpc) is 3.11. The first kappa shape index (κ1) is 22.3. The molecular formula is C23H20ClN3O3S2. The SMILES string of the molecule is CC1CCc2c(sc(NC(=O)c3cccc(S(=O)(=O)Nc4ccccc4Cl)c3)c2C#N)C1. The van der Waals surface area contributed by atoms with Crippen LogP contribution in [0.2, 0.25) is 5.02 Å². The predicted octanol–water partition coefficient (Wildman–Crippen LogP) is 5.45. The maximum atomic E-state index is 12.9. The molecule has 1 atom stereocenters. The molecule has 0 fully saturated rings. The summed E-state index contributed by atoms with van der Waals surface area (Å²) in [5.74, 6) is 0.0756. The van der Waals surface area contributed by atoms with Crippen LogP contribution in [0.15, 0.2) is 53.4 Å². The van der Waals surface area contributed by atoms with Crippen LogP contribution in [-0.2, 0) is 22.9 Å². The number of nitrogens with one attached hydrogen (secondary N) is 2. The van der Waals surface area contributed by atoms with Gasteiger partial charge in [-0.1, -0.05) is 36.7 Å². The molecule has 0 spiro atoms. The topological polar surface area (TPSA) is 99.1 Å². The lowest BCUT2D eigenvalue weighted by Crippen LogP contribution is -2.16. The summed E-state index contributed by atoms with van der Waals surface area (Å²) in [6.07, 6.45) is 2.74. The second-order valence-electron chi connectivity index (χ2n) is 7.73.